The van der Waals surface area contributed by atoms with Crippen LogP contribution in [0, 0.1) is 0 Å². The van der Waals surface area contributed by atoms with Crippen molar-refractivity contribution in [2.75, 3.05) is 39.0 Å². The predicted octanol–water partition coefficient (Wildman–Crippen LogP) is 1.75. The van der Waals surface area contributed by atoms with Crippen LogP contribution < -0.4 is 5.73 Å². The molecule has 1 aliphatic heterocycles. The van der Waals surface area contributed by atoms with E-state index in [0.717, 1.165) is 19.6 Å². The minimum Gasteiger partial charge on any atom is -0.399 e. The fraction of sp³-hybridized carbons (Fsp3) is 0.538. The summed E-state index contributed by atoms with van der Waals surface area (Å²) in [7, 11) is -1.85. The number of nitrogen functional groups attached to an aromatic ring is 1. The molecule has 0 saturated carbocycles. The average Bonchev–Trinajstić information content (AvgIpc) is 2.88. The van der Waals surface area contributed by atoms with Crippen molar-refractivity contribution < 1.29 is 8.42 Å². The number of rotatable bonds is 5. The number of anilines is 1. The maximum absolute atomic E-state index is 12.5. The second-order valence-corrected chi connectivity index (χ2v) is 7.93. The number of likely N-dealkylation sites (N-methyl/N-ethyl adjacent to an activating group) is 1. The highest BCUT2D eigenvalue weighted by Gasteiger charge is 2.24. The Labute approximate surface area is 128 Å². The van der Waals surface area contributed by atoms with Crippen LogP contribution in [0.3, 0.4) is 0 Å². The van der Waals surface area contributed by atoms with Crippen LogP contribution in [0.5, 0.6) is 0 Å². The monoisotopic (exact) mass is 361 g/mol. The second-order valence-electron chi connectivity index (χ2n) is 5.07. The van der Waals surface area contributed by atoms with Gasteiger partial charge in [0.05, 0.1) is 4.90 Å². The molecule has 0 atom stereocenters. The first-order valence-electron chi connectivity index (χ1n) is 6.65. The molecule has 1 saturated heterocycles. The van der Waals surface area contributed by atoms with Crippen molar-refractivity contribution in [2.45, 2.75) is 17.7 Å². The topological polar surface area (TPSA) is 66.6 Å². The van der Waals surface area contributed by atoms with Crippen LogP contribution in [-0.4, -0.2) is 50.8 Å². The summed E-state index contributed by atoms with van der Waals surface area (Å²) in [5.41, 5.74) is 6.18. The minimum absolute atomic E-state index is 0.260. The molecule has 1 fully saturated rings. The van der Waals surface area contributed by atoms with Gasteiger partial charge >= 0.3 is 0 Å². The summed E-state index contributed by atoms with van der Waals surface area (Å²) in [5, 5.41) is 0. The van der Waals surface area contributed by atoms with Gasteiger partial charge in [-0.1, -0.05) is 0 Å². The largest absolute Gasteiger partial charge is 0.399 e. The van der Waals surface area contributed by atoms with Crippen molar-refractivity contribution in [3.8, 4) is 0 Å². The summed E-state index contributed by atoms with van der Waals surface area (Å²) in [5.74, 6) is 0. The number of nitrogens with zero attached hydrogens (tertiary/aromatic N) is 2. The number of nitrogens with two attached hydrogens (primary N) is 1. The lowest BCUT2D eigenvalue weighted by molar-refractivity contribution is 0.310. The third-order valence-electron chi connectivity index (χ3n) is 3.57. The fourth-order valence-electron chi connectivity index (χ4n) is 2.30. The highest BCUT2D eigenvalue weighted by molar-refractivity contribution is 9.10. The number of sulfonamides is 1. The molecule has 1 aromatic carbocycles. The fourth-order valence-corrected chi connectivity index (χ4v) is 4.52. The highest BCUT2D eigenvalue weighted by Crippen LogP contribution is 2.26. The molecule has 7 heteroatoms. The normalized spacial score (nSPS) is 16.9. The molecule has 2 N–H and O–H groups in total. The van der Waals surface area contributed by atoms with Crippen molar-refractivity contribution in [3.63, 3.8) is 0 Å². The lowest BCUT2D eigenvalue weighted by Crippen LogP contribution is -2.35. The number of hydrogen-bond acceptors (Lipinski definition) is 4. The summed E-state index contributed by atoms with van der Waals surface area (Å²) in [6.45, 7) is 3.42. The number of halogens is 1. The Hall–Kier alpha value is -0.630. The van der Waals surface area contributed by atoms with Gasteiger partial charge in [0, 0.05) is 30.3 Å². The first kappa shape index (κ1) is 15.8. The standard InChI is InChI=1S/C13H20BrN3O2S/c1-16(8-9-17-6-2-3-7-17)20(18,19)13-5-4-11(15)10-12(13)14/h4-5,10H,2-3,6-9,15H2,1H3. The van der Waals surface area contributed by atoms with Crippen molar-refractivity contribution in [1.82, 2.24) is 9.21 Å². The number of likely N-dealkylation sites (tertiary alicyclic amines) is 1. The van der Waals surface area contributed by atoms with Gasteiger partial charge < -0.3 is 10.6 Å². The molecule has 1 heterocycles. The zero-order valence-electron chi connectivity index (χ0n) is 11.5. The molecular weight excluding hydrogens is 342 g/mol. The number of benzene rings is 1. The SMILES string of the molecule is CN(CCN1CCCC1)S(=O)(=O)c1ccc(N)cc1Br. The highest BCUT2D eigenvalue weighted by atomic mass is 79.9. The van der Waals surface area contributed by atoms with Gasteiger partial charge in [0.15, 0.2) is 0 Å². The molecule has 112 valence electrons. The van der Waals surface area contributed by atoms with E-state index in [1.54, 1.807) is 25.2 Å². The van der Waals surface area contributed by atoms with E-state index in [1.165, 1.54) is 17.1 Å². The molecule has 0 radical (unpaired) electrons. The molecule has 0 spiro atoms. The van der Waals surface area contributed by atoms with Gasteiger partial charge in [-0.2, -0.15) is 4.31 Å². The summed E-state index contributed by atoms with van der Waals surface area (Å²) < 4.78 is 26.9. The van der Waals surface area contributed by atoms with Gasteiger partial charge in [-0.05, 0) is 60.1 Å². The van der Waals surface area contributed by atoms with Crippen molar-refractivity contribution in [3.05, 3.63) is 22.7 Å². The Kier molecular flexibility index (Phi) is 5.06. The molecule has 1 aliphatic rings. The van der Waals surface area contributed by atoms with E-state index in [2.05, 4.69) is 20.8 Å². The summed E-state index contributed by atoms with van der Waals surface area (Å²) in [6, 6.07) is 4.76. The van der Waals surface area contributed by atoms with E-state index >= 15 is 0 Å². The third kappa shape index (κ3) is 3.52. The number of hydrogen-bond donors (Lipinski definition) is 1. The van der Waals surface area contributed by atoms with Crippen LogP contribution in [0.1, 0.15) is 12.8 Å². The lowest BCUT2D eigenvalue weighted by Gasteiger charge is -2.21. The molecule has 1 aromatic rings. The molecule has 5 nitrogen and oxygen atoms in total. The average molecular weight is 362 g/mol. The van der Waals surface area contributed by atoms with Gasteiger partial charge in [0.1, 0.15) is 0 Å². The molecule has 0 bridgehead atoms. The zero-order valence-corrected chi connectivity index (χ0v) is 14.0. The van der Waals surface area contributed by atoms with Crippen molar-refractivity contribution in [2.24, 2.45) is 0 Å². The Morgan fingerprint density at radius 2 is 2.00 bits per heavy atom. The van der Waals surface area contributed by atoms with Gasteiger partial charge in [-0.3, -0.25) is 0 Å². The third-order valence-corrected chi connectivity index (χ3v) is 6.41. The Morgan fingerprint density at radius 1 is 1.35 bits per heavy atom. The minimum atomic E-state index is -3.47. The van der Waals surface area contributed by atoms with Crippen LogP contribution in [0.15, 0.2) is 27.6 Å². The van der Waals surface area contributed by atoms with Crippen LogP contribution in [0.4, 0.5) is 5.69 Å². The van der Waals surface area contributed by atoms with E-state index < -0.39 is 10.0 Å². The van der Waals surface area contributed by atoms with E-state index in [0.29, 0.717) is 16.7 Å². The van der Waals surface area contributed by atoms with E-state index in [4.69, 9.17) is 5.73 Å². The van der Waals surface area contributed by atoms with Crippen molar-refractivity contribution in [1.29, 1.82) is 0 Å². The quantitative estimate of drug-likeness (QED) is 0.811. The molecule has 0 aliphatic carbocycles. The van der Waals surface area contributed by atoms with Gasteiger partial charge in [-0.25, -0.2) is 8.42 Å². The second kappa shape index (κ2) is 6.43. The Bertz CT molecular complexity index is 571. The molecule has 20 heavy (non-hydrogen) atoms. The molecule has 0 amide bonds. The Balaban J connectivity index is 2.08. The predicted molar refractivity (Wildman–Crippen MR) is 84.0 cm³/mol. The van der Waals surface area contributed by atoms with E-state index in [9.17, 15) is 8.42 Å². The lowest BCUT2D eigenvalue weighted by atomic mass is 10.3. The molecule has 0 aromatic heterocycles. The van der Waals surface area contributed by atoms with E-state index in [1.807, 2.05) is 0 Å². The first-order chi connectivity index (χ1) is 9.41. The molecule has 0 unspecified atom stereocenters. The van der Waals surface area contributed by atoms with Gasteiger partial charge in [-0.15, -0.1) is 0 Å². The first-order valence-corrected chi connectivity index (χ1v) is 8.88. The van der Waals surface area contributed by atoms with Crippen LogP contribution in [-0.2, 0) is 10.0 Å². The Morgan fingerprint density at radius 3 is 2.60 bits per heavy atom. The maximum atomic E-state index is 12.5. The molecular formula is C13H20BrN3O2S. The summed E-state index contributed by atoms with van der Waals surface area (Å²) in [6.07, 6.45) is 2.42. The molecule has 2 rings (SSSR count). The van der Waals surface area contributed by atoms with Gasteiger partial charge in [0.2, 0.25) is 10.0 Å². The summed E-state index contributed by atoms with van der Waals surface area (Å²) >= 11 is 3.27. The van der Waals surface area contributed by atoms with Crippen molar-refractivity contribution >= 4 is 31.6 Å². The van der Waals surface area contributed by atoms with Gasteiger partial charge in [0.25, 0.3) is 0 Å². The van der Waals surface area contributed by atoms with E-state index in [-0.39, 0.29) is 4.90 Å². The smallest absolute Gasteiger partial charge is 0.243 e. The summed E-state index contributed by atoms with van der Waals surface area (Å²) in [4.78, 5) is 2.56. The maximum Gasteiger partial charge on any atom is 0.243 e. The van der Waals surface area contributed by atoms with Crippen LogP contribution >= 0.6 is 15.9 Å². The van der Waals surface area contributed by atoms with Crippen LogP contribution in [0.2, 0.25) is 0 Å². The zero-order chi connectivity index (χ0) is 14.8. The van der Waals surface area contributed by atoms with Crippen LogP contribution in [0.25, 0.3) is 0 Å².